The molecule has 2 rings (SSSR count). The van der Waals surface area contributed by atoms with Crippen LogP contribution in [0.2, 0.25) is 0 Å². The molecule has 38 heavy (non-hydrogen) atoms. The van der Waals surface area contributed by atoms with Crippen LogP contribution < -0.4 is 4.74 Å². The number of hydrogen-bond donors (Lipinski definition) is 1. The molecule has 1 amide bonds. The van der Waals surface area contributed by atoms with Gasteiger partial charge in [0.2, 0.25) is 0 Å². The van der Waals surface area contributed by atoms with Crippen LogP contribution in [0.1, 0.15) is 24.5 Å². The van der Waals surface area contributed by atoms with Crippen LogP contribution in [-0.2, 0) is 31.8 Å². The Hall–Kier alpha value is -3.31. The Morgan fingerprint density at radius 2 is 1.66 bits per heavy atom. The van der Waals surface area contributed by atoms with Crippen LogP contribution in [0.5, 0.6) is 5.75 Å². The smallest absolute Gasteiger partial charge is 0.411 e. The minimum Gasteiger partial charge on any atom is -0.492 e. The summed E-state index contributed by atoms with van der Waals surface area (Å²) >= 11 is 0. The first kappa shape index (κ1) is 30.9. The van der Waals surface area contributed by atoms with Crippen LogP contribution in [0.25, 0.3) is 0 Å². The van der Waals surface area contributed by atoms with E-state index < -0.39 is 30.9 Å². The molecule has 0 aliphatic rings. The summed E-state index contributed by atoms with van der Waals surface area (Å²) in [6.07, 6.45) is -4.99. The number of carbonyl (C=O) groups is 2. The molecule has 11 heteroatoms. The summed E-state index contributed by atoms with van der Waals surface area (Å²) in [5, 5.41) is 9.22. The second-order valence-electron chi connectivity index (χ2n) is 8.34. The first-order valence-electron chi connectivity index (χ1n) is 12.3. The molecule has 2 aromatic carbocycles. The normalized spacial score (nSPS) is 12.1. The van der Waals surface area contributed by atoms with Crippen molar-refractivity contribution < 1.29 is 46.8 Å². The molecule has 0 saturated heterocycles. The lowest BCUT2D eigenvalue weighted by molar-refractivity contribution is -0.174. The molecule has 0 aliphatic heterocycles. The molecule has 210 valence electrons. The number of rotatable bonds is 17. The van der Waals surface area contributed by atoms with Crippen LogP contribution in [-0.4, -0.2) is 80.5 Å². The van der Waals surface area contributed by atoms with Gasteiger partial charge in [-0.3, -0.25) is 0 Å². The number of alkyl halides is 3. The average molecular weight is 542 g/mol. The summed E-state index contributed by atoms with van der Waals surface area (Å²) in [5.74, 6) is -0.519. The minimum absolute atomic E-state index is 0.118. The van der Waals surface area contributed by atoms with Crippen molar-refractivity contribution in [1.29, 1.82) is 0 Å². The van der Waals surface area contributed by atoms with Crippen molar-refractivity contribution in [3.05, 3.63) is 65.7 Å². The van der Waals surface area contributed by atoms with Gasteiger partial charge in [-0.05, 0) is 36.6 Å². The fourth-order valence-electron chi connectivity index (χ4n) is 3.46. The highest BCUT2D eigenvalue weighted by molar-refractivity contribution is 5.72. The molecule has 1 N–H and O–H groups in total. The lowest BCUT2D eigenvalue weighted by Crippen LogP contribution is -2.36. The number of ether oxygens (including phenoxy) is 4. The number of nitrogens with zero attached hydrogens (tertiary/aromatic N) is 1. The van der Waals surface area contributed by atoms with Gasteiger partial charge in [-0.2, -0.15) is 13.2 Å². The van der Waals surface area contributed by atoms with Crippen LogP contribution in [0.3, 0.4) is 0 Å². The fraction of sp³-hybridized carbons (Fsp3) is 0.481. The molecule has 0 bridgehead atoms. The maximum absolute atomic E-state index is 12.6. The second-order valence-corrected chi connectivity index (χ2v) is 8.34. The molecular weight excluding hydrogens is 507 g/mol. The minimum atomic E-state index is -4.41. The van der Waals surface area contributed by atoms with Gasteiger partial charge in [0.25, 0.3) is 0 Å². The number of aliphatic carboxylic acids is 1. The van der Waals surface area contributed by atoms with Crippen molar-refractivity contribution in [1.82, 2.24) is 4.90 Å². The Morgan fingerprint density at radius 3 is 2.29 bits per heavy atom. The monoisotopic (exact) mass is 541 g/mol. The van der Waals surface area contributed by atoms with E-state index in [4.69, 9.17) is 14.2 Å². The van der Waals surface area contributed by atoms with Gasteiger partial charge in [-0.25, -0.2) is 9.59 Å². The Bertz CT molecular complexity index is 955. The molecular formula is C27H34F3NO7. The summed E-state index contributed by atoms with van der Waals surface area (Å²) in [4.78, 5) is 25.3. The molecule has 0 saturated carbocycles. The SMILES string of the molecule is CCOC(Cc1ccc(OCCN(CCCOCC(F)(F)F)C(=O)OCCc2ccccc2)cc1)C(=O)O. The Balaban J connectivity index is 1.85. The van der Waals surface area contributed by atoms with Gasteiger partial charge in [0.15, 0.2) is 6.10 Å². The summed E-state index contributed by atoms with van der Waals surface area (Å²) in [6, 6.07) is 16.3. The van der Waals surface area contributed by atoms with E-state index in [0.29, 0.717) is 12.2 Å². The largest absolute Gasteiger partial charge is 0.492 e. The predicted molar refractivity (Wildman–Crippen MR) is 133 cm³/mol. The van der Waals surface area contributed by atoms with Gasteiger partial charge in [0, 0.05) is 32.6 Å². The van der Waals surface area contributed by atoms with Gasteiger partial charge < -0.3 is 29.0 Å². The molecule has 0 heterocycles. The van der Waals surface area contributed by atoms with E-state index in [1.165, 1.54) is 4.90 Å². The van der Waals surface area contributed by atoms with Gasteiger partial charge >= 0.3 is 18.2 Å². The number of halogens is 3. The summed E-state index contributed by atoms with van der Waals surface area (Å²) in [5.41, 5.74) is 1.77. The third kappa shape index (κ3) is 12.8. The van der Waals surface area contributed by atoms with Crippen LogP contribution in [0.4, 0.5) is 18.0 Å². The number of amides is 1. The predicted octanol–water partition coefficient (Wildman–Crippen LogP) is 4.75. The summed E-state index contributed by atoms with van der Waals surface area (Å²) in [7, 11) is 0. The number of hydrogen-bond acceptors (Lipinski definition) is 6. The fourth-order valence-corrected chi connectivity index (χ4v) is 3.46. The van der Waals surface area contributed by atoms with E-state index in [2.05, 4.69) is 4.74 Å². The van der Waals surface area contributed by atoms with Crippen LogP contribution >= 0.6 is 0 Å². The van der Waals surface area contributed by atoms with E-state index in [1.807, 2.05) is 30.3 Å². The number of carboxylic acid groups (broad SMARTS) is 1. The third-order valence-corrected chi connectivity index (χ3v) is 5.32. The molecule has 0 aliphatic carbocycles. The highest BCUT2D eigenvalue weighted by atomic mass is 19.4. The standard InChI is InChI=1S/C27H34F3NO7/c1-2-36-24(25(32)33)19-22-9-11-23(12-10-22)37-18-15-31(14-6-16-35-20-27(28,29)30)26(34)38-17-13-21-7-4-3-5-8-21/h3-5,7-12,24H,2,6,13-20H2,1H3,(H,32,33). The molecule has 0 radical (unpaired) electrons. The van der Waals surface area contributed by atoms with Gasteiger partial charge in [0.05, 0.1) is 13.2 Å². The van der Waals surface area contributed by atoms with Crippen molar-refractivity contribution in [2.45, 2.75) is 38.5 Å². The van der Waals surface area contributed by atoms with Gasteiger partial charge in [0.1, 0.15) is 19.0 Å². The zero-order valence-electron chi connectivity index (χ0n) is 21.3. The lowest BCUT2D eigenvalue weighted by Gasteiger charge is -2.22. The molecule has 0 fully saturated rings. The van der Waals surface area contributed by atoms with Crippen molar-refractivity contribution in [3.63, 3.8) is 0 Å². The highest BCUT2D eigenvalue weighted by Gasteiger charge is 2.27. The molecule has 0 aromatic heterocycles. The number of benzene rings is 2. The Morgan fingerprint density at radius 1 is 0.947 bits per heavy atom. The zero-order chi connectivity index (χ0) is 27.8. The second kappa shape index (κ2) is 16.5. The molecule has 1 atom stereocenters. The van der Waals surface area contributed by atoms with E-state index in [-0.39, 0.29) is 52.4 Å². The van der Waals surface area contributed by atoms with Crippen molar-refractivity contribution in [2.24, 2.45) is 0 Å². The first-order chi connectivity index (χ1) is 18.2. The number of carboxylic acids is 1. The zero-order valence-corrected chi connectivity index (χ0v) is 21.3. The van der Waals surface area contributed by atoms with Crippen molar-refractivity contribution in [3.8, 4) is 5.75 Å². The third-order valence-electron chi connectivity index (χ3n) is 5.32. The number of carbonyl (C=O) groups excluding carboxylic acids is 1. The maximum atomic E-state index is 12.6. The Kier molecular flexibility index (Phi) is 13.4. The van der Waals surface area contributed by atoms with Gasteiger partial charge in [-0.1, -0.05) is 42.5 Å². The van der Waals surface area contributed by atoms with E-state index in [9.17, 15) is 27.9 Å². The molecule has 0 spiro atoms. The average Bonchev–Trinajstić information content (AvgIpc) is 2.88. The quantitative estimate of drug-likeness (QED) is 0.289. The van der Waals surface area contributed by atoms with E-state index >= 15 is 0 Å². The molecule has 8 nitrogen and oxygen atoms in total. The summed E-state index contributed by atoms with van der Waals surface area (Å²) < 4.78 is 57.8. The topological polar surface area (TPSA) is 94.5 Å². The van der Waals surface area contributed by atoms with E-state index in [0.717, 1.165) is 11.1 Å². The first-order valence-corrected chi connectivity index (χ1v) is 12.3. The van der Waals surface area contributed by atoms with Gasteiger partial charge in [-0.15, -0.1) is 0 Å². The molecule has 1 unspecified atom stereocenters. The highest BCUT2D eigenvalue weighted by Crippen LogP contribution is 2.16. The summed E-state index contributed by atoms with van der Waals surface area (Å²) in [6.45, 7) is 1.08. The lowest BCUT2D eigenvalue weighted by atomic mass is 10.1. The van der Waals surface area contributed by atoms with Crippen molar-refractivity contribution in [2.75, 3.05) is 46.1 Å². The van der Waals surface area contributed by atoms with Crippen LogP contribution in [0.15, 0.2) is 54.6 Å². The molecule has 2 aromatic rings. The van der Waals surface area contributed by atoms with Crippen LogP contribution in [0, 0.1) is 0 Å². The van der Waals surface area contributed by atoms with Crippen molar-refractivity contribution >= 4 is 12.1 Å². The Labute approximate surface area is 220 Å². The maximum Gasteiger partial charge on any atom is 0.411 e. The van der Waals surface area contributed by atoms with E-state index in [1.54, 1.807) is 31.2 Å².